The fourth-order valence-corrected chi connectivity index (χ4v) is 4.12. The van der Waals surface area contributed by atoms with E-state index in [-0.39, 0.29) is 24.4 Å². The van der Waals surface area contributed by atoms with E-state index in [0.717, 1.165) is 12.8 Å². The van der Waals surface area contributed by atoms with Crippen LogP contribution in [0.25, 0.3) is 11.4 Å². The molecule has 0 spiro atoms. The molecule has 1 aliphatic heterocycles. The number of rotatable bonds is 7. The third-order valence-corrected chi connectivity index (χ3v) is 5.90. The lowest BCUT2D eigenvalue weighted by Gasteiger charge is -2.32. The van der Waals surface area contributed by atoms with Gasteiger partial charge in [0.1, 0.15) is 29.1 Å². The minimum Gasteiger partial charge on any atom is -0.497 e. The van der Waals surface area contributed by atoms with Crippen LogP contribution in [0, 0.1) is 0 Å². The number of carbonyl (C=O) groups is 2. The quantitative estimate of drug-likeness (QED) is 0.444. The second kappa shape index (κ2) is 11.4. The van der Waals surface area contributed by atoms with E-state index >= 15 is 0 Å². The van der Waals surface area contributed by atoms with E-state index in [4.69, 9.17) is 14.2 Å². The fraction of sp³-hybridized carbons (Fsp3) is 0.407. The van der Waals surface area contributed by atoms with E-state index in [1.807, 2.05) is 20.8 Å². The van der Waals surface area contributed by atoms with E-state index in [1.165, 1.54) is 18.2 Å². The van der Waals surface area contributed by atoms with Gasteiger partial charge >= 0.3 is 6.09 Å². The van der Waals surface area contributed by atoms with Gasteiger partial charge in [0, 0.05) is 32.4 Å². The van der Waals surface area contributed by atoms with Gasteiger partial charge in [-0.25, -0.2) is 19.7 Å². The van der Waals surface area contributed by atoms with Crippen molar-refractivity contribution in [3.05, 3.63) is 49.2 Å². The SMILES string of the molecule is COc1ccc(Oc2nc(-c3cncnc3)ncc2N(C[C@@H]2CCCN2C(=O)OC(C)(C)C)C(C)=O)cc1. The molecule has 3 heterocycles. The molecule has 1 saturated heterocycles. The highest BCUT2D eigenvalue weighted by Gasteiger charge is 2.35. The highest BCUT2D eigenvalue weighted by atomic mass is 16.6. The van der Waals surface area contributed by atoms with Crippen molar-refractivity contribution in [3.8, 4) is 28.8 Å². The number of anilines is 1. The minimum atomic E-state index is -0.616. The zero-order valence-corrected chi connectivity index (χ0v) is 22.2. The monoisotopic (exact) mass is 520 g/mol. The molecular formula is C27H32N6O5. The molecule has 0 bridgehead atoms. The highest BCUT2D eigenvalue weighted by molar-refractivity contribution is 5.93. The molecule has 1 aliphatic rings. The Bertz CT molecular complexity index is 1260. The topological polar surface area (TPSA) is 120 Å². The molecule has 200 valence electrons. The van der Waals surface area contributed by atoms with Gasteiger partial charge in [-0.2, -0.15) is 4.98 Å². The molecule has 0 N–H and O–H groups in total. The van der Waals surface area contributed by atoms with Crippen molar-refractivity contribution >= 4 is 17.7 Å². The molecule has 11 heteroatoms. The molecule has 3 aromatic rings. The lowest BCUT2D eigenvalue weighted by molar-refractivity contribution is -0.116. The Labute approximate surface area is 221 Å². The van der Waals surface area contributed by atoms with E-state index in [9.17, 15) is 9.59 Å². The van der Waals surface area contributed by atoms with Gasteiger partial charge in [-0.15, -0.1) is 0 Å². The molecule has 0 saturated carbocycles. The summed E-state index contributed by atoms with van der Waals surface area (Å²) < 4.78 is 17.0. The number of ether oxygens (including phenoxy) is 3. The number of hydrogen-bond donors (Lipinski definition) is 0. The van der Waals surface area contributed by atoms with Crippen molar-refractivity contribution in [1.82, 2.24) is 24.8 Å². The second-order valence-electron chi connectivity index (χ2n) is 9.89. The molecule has 2 aromatic heterocycles. The highest BCUT2D eigenvalue weighted by Crippen LogP contribution is 2.34. The Balaban J connectivity index is 1.67. The summed E-state index contributed by atoms with van der Waals surface area (Å²) in [6.07, 6.45) is 7.31. The molecule has 38 heavy (non-hydrogen) atoms. The normalized spacial score (nSPS) is 15.2. The van der Waals surface area contributed by atoms with Crippen LogP contribution in [0.3, 0.4) is 0 Å². The number of hydrogen-bond acceptors (Lipinski definition) is 9. The number of nitrogens with zero attached hydrogens (tertiary/aromatic N) is 6. The van der Waals surface area contributed by atoms with Gasteiger partial charge in [-0.3, -0.25) is 4.79 Å². The minimum absolute atomic E-state index is 0.182. The number of aromatic nitrogens is 4. The van der Waals surface area contributed by atoms with Gasteiger partial charge in [-0.05, 0) is 57.9 Å². The lowest BCUT2D eigenvalue weighted by Crippen LogP contribution is -2.46. The second-order valence-corrected chi connectivity index (χ2v) is 9.89. The smallest absolute Gasteiger partial charge is 0.410 e. The van der Waals surface area contributed by atoms with Crippen LogP contribution in [0.15, 0.2) is 49.2 Å². The van der Waals surface area contributed by atoms with Crippen molar-refractivity contribution in [2.24, 2.45) is 0 Å². The van der Waals surface area contributed by atoms with Crippen LogP contribution in [-0.2, 0) is 9.53 Å². The maximum absolute atomic E-state index is 12.9. The summed E-state index contributed by atoms with van der Waals surface area (Å²) in [5.74, 6) is 1.47. The van der Waals surface area contributed by atoms with Gasteiger partial charge in [0.05, 0.1) is 24.9 Å². The standard InChI is InChI=1S/C27H32N6O5/c1-18(34)33(16-20-7-6-12-32(20)26(35)38-27(2,3)4)23-15-30-24(19-13-28-17-29-14-19)31-25(23)37-22-10-8-21(36-5)9-11-22/h8-11,13-15,17,20H,6-7,12,16H2,1-5H3/t20-/m0/s1. The molecule has 1 atom stereocenters. The van der Waals surface area contributed by atoms with Crippen LogP contribution in [-0.4, -0.2) is 68.7 Å². The van der Waals surface area contributed by atoms with Gasteiger partial charge in [0.25, 0.3) is 0 Å². The first kappa shape index (κ1) is 26.8. The largest absolute Gasteiger partial charge is 0.497 e. The predicted octanol–water partition coefficient (Wildman–Crippen LogP) is 4.49. The van der Waals surface area contributed by atoms with Crippen molar-refractivity contribution in [2.75, 3.05) is 25.1 Å². The Morgan fingerprint density at radius 2 is 1.76 bits per heavy atom. The summed E-state index contributed by atoms with van der Waals surface area (Å²) in [6, 6.07) is 6.79. The number of methoxy groups -OCH3 is 1. The van der Waals surface area contributed by atoms with Crippen LogP contribution in [0.1, 0.15) is 40.5 Å². The number of benzene rings is 1. The maximum Gasteiger partial charge on any atom is 0.410 e. The van der Waals surface area contributed by atoms with Crippen molar-refractivity contribution in [2.45, 2.75) is 52.2 Å². The first-order valence-electron chi connectivity index (χ1n) is 12.4. The number of carbonyl (C=O) groups excluding carboxylic acids is 2. The first-order chi connectivity index (χ1) is 18.1. The molecule has 11 nitrogen and oxygen atoms in total. The van der Waals surface area contributed by atoms with E-state index in [0.29, 0.717) is 35.1 Å². The van der Waals surface area contributed by atoms with Crippen LogP contribution >= 0.6 is 0 Å². The Morgan fingerprint density at radius 1 is 1.08 bits per heavy atom. The zero-order chi connectivity index (χ0) is 27.3. The average molecular weight is 521 g/mol. The first-order valence-corrected chi connectivity index (χ1v) is 12.4. The number of amides is 2. The summed E-state index contributed by atoms with van der Waals surface area (Å²) in [5.41, 5.74) is 0.360. The summed E-state index contributed by atoms with van der Waals surface area (Å²) in [7, 11) is 1.58. The fourth-order valence-electron chi connectivity index (χ4n) is 4.12. The average Bonchev–Trinajstić information content (AvgIpc) is 3.36. The Kier molecular flexibility index (Phi) is 8.04. The summed E-state index contributed by atoms with van der Waals surface area (Å²) in [6.45, 7) is 7.75. The van der Waals surface area contributed by atoms with E-state index < -0.39 is 11.7 Å². The molecule has 0 aliphatic carbocycles. The molecule has 0 radical (unpaired) electrons. The van der Waals surface area contributed by atoms with Crippen molar-refractivity contribution in [1.29, 1.82) is 0 Å². The maximum atomic E-state index is 12.9. The zero-order valence-electron chi connectivity index (χ0n) is 22.2. The van der Waals surface area contributed by atoms with Crippen molar-refractivity contribution < 1.29 is 23.8 Å². The van der Waals surface area contributed by atoms with E-state index in [2.05, 4.69) is 19.9 Å². The van der Waals surface area contributed by atoms with Crippen molar-refractivity contribution in [3.63, 3.8) is 0 Å². The molecule has 1 aromatic carbocycles. The molecule has 2 amide bonds. The number of likely N-dealkylation sites (tertiary alicyclic amines) is 1. The van der Waals surface area contributed by atoms with Crippen LogP contribution in [0.2, 0.25) is 0 Å². The third kappa shape index (κ3) is 6.53. The Morgan fingerprint density at radius 3 is 2.39 bits per heavy atom. The van der Waals surface area contributed by atoms with E-state index in [1.54, 1.807) is 54.9 Å². The van der Waals surface area contributed by atoms with Crippen LogP contribution < -0.4 is 14.4 Å². The summed E-state index contributed by atoms with van der Waals surface area (Å²) >= 11 is 0. The van der Waals surface area contributed by atoms with Gasteiger partial charge in [0.15, 0.2) is 5.82 Å². The molecule has 0 unspecified atom stereocenters. The molecule has 4 rings (SSSR count). The summed E-state index contributed by atoms with van der Waals surface area (Å²) in [5, 5.41) is 0. The summed E-state index contributed by atoms with van der Waals surface area (Å²) in [4.78, 5) is 46.2. The van der Waals surface area contributed by atoms with Gasteiger partial charge in [-0.1, -0.05) is 0 Å². The third-order valence-electron chi connectivity index (χ3n) is 5.90. The molecular weight excluding hydrogens is 488 g/mol. The predicted molar refractivity (Wildman–Crippen MR) is 140 cm³/mol. The van der Waals surface area contributed by atoms with Gasteiger partial charge in [0.2, 0.25) is 11.8 Å². The van der Waals surface area contributed by atoms with Crippen LogP contribution in [0.5, 0.6) is 17.4 Å². The molecule has 1 fully saturated rings. The lowest BCUT2D eigenvalue weighted by atomic mass is 10.2. The van der Waals surface area contributed by atoms with Crippen LogP contribution in [0.4, 0.5) is 10.5 Å². The van der Waals surface area contributed by atoms with Gasteiger partial charge < -0.3 is 24.0 Å². The Hall–Kier alpha value is -4.28.